The summed E-state index contributed by atoms with van der Waals surface area (Å²) < 4.78 is 6.07. The summed E-state index contributed by atoms with van der Waals surface area (Å²) in [5.74, 6) is -0.888. The van der Waals surface area contributed by atoms with Crippen molar-refractivity contribution >= 4 is 5.97 Å². The van der Waals surface area contributed by atoms with Gasteiger partial charge in [-0.1, -0.05) is 42.5 Å². The first kappa shape index (κ1) is 15.7. The molecular weight excluding hydrogens is 290 g/mol. The van der Waals surface area contributed by atoms with E-state index in [9.17, 15) is 4.79 Å². The van der Waals surface area contributed by atoms with Gasteiger partial charge in [-0.15, -0.1) is 0 Å². The van der Waals surface area contributed by atoms with Crippen molar-refractivity contribution in [2.45, 2.75) is 25.7 Å². The predicted molar refractivity (Wildman–Crippen MR) is 88.4 cm³/mol. The maximum atomic E-state index is 10.9. The lowest BCUT2D eigenvalue weighted by atomic mass is 10.1. The van der Waals surface area contributed by atoms with Gasteiger partial charge in [-0.05, 0) is 30.2 Å². The van der Waals surface area contributed by atoms with E-state index < -0.39 is 5.97 Å². The minimum Gasteiger partial charge on any atom is -0.478 e. The van der Waals surface area contributed by atoms with Crippen molar-refractivity contribution in [2.24, 2.45) is 0 Å². The van der Waals surface area contributed by atoms with Crippen molar-refractivity contribution in [1.29, 1.82) is 0 Å². The highest BCUT2D eigenvalue weighted by molar-refractivity contribution is 5.87. The smallest absolute Gasteiger partial charge is 0.335 e. The third kappa shape index (κ3) is 3.97. The Labute approximate surface area is 136 Å². The van der Waals surface area contributed by atoms with Crippen LogP contribution in [0.15, 0.2) is 54.6 Å². The predicted octanol–water partition coefficient (Wildman–Crippen LogP) is 3.35. The number of benzene rings is 2. The van der Waals surface area contributed by atoms with Crippen LogP contribution in [0.2, 0.25) is 0 Å². The number of ether oxygens (including phenoxy) is 1. The Balaban J connectivity index is 1.68. The minimum absolute atomic E-state index is 0.0817. The molecule has 2 unspecified atom stereocenters. The fraction of sp³-hybridized carbons (Fsp3) is 0.316. The molecule has 3 rings (SSSR count). The summed E-state index contributed by atoms with van der Waals surface area (Å²) in [5, 5.41) is 8.97. The summed E-state index contributed by atoms with van der Waals surface area (Å²) in [6.07, 6.45) is 0.255. The average Bonchev–Trinajstić information content (AvgIpc) is 2.55. The maximum absolute atomic E-state index is 10.9. The fourth-order valence-corrected chi connectivity index (χ4v) is 3.03. The molecule has 0 amide bonds. The molecule has 1 N–H and O–H groups in total. The van der Waals surface area contributed by atoms with E-state index >= 15 is 0 Å². The second-order valence-corrected chi connectivity index (χ2v) is 6.04. The molecule has 0 radical (unpaired) electrons. The van der Waals surface area contributed by atoms with Gasteiger partial charge in [0.25, 0.3) is 0 Å². The summed E-state index contributed by atoms with van der Waals surface area (Å²) >= 11 is 0. The average molecular weight is 311 g/mol. The van der Waals surface area contributed by atoms with Crippen LogP contribution in [0.4, 0.5) is 0 Å². The summed E-state index contributed by atoms with van der Waals surface area (Å²) in [4.78, 5) is 13.3. The first-order valence-electron chi connectivity index (χ1n) is 7.87. The molecular formula is C19H21NO3. The van der Waals surface area contributed by atoms with Crippen LogP contribution >= 0.6 is 0 Å². The first-order chi connectivity index (χ1) is 11.1. The normalized spacial score (nSPS) is 22.0. The molecule has 2 atom stereocenters. The number of carbonyl (C=O) groups is 1. The van der Waals surface area contributed by atoms with Crippen LogP contribution in [0.1, 0.15) is 34.5 Å². The van der Waals surface area contributed by atoms with Crippen LogP contribution in [-0.4, -0.2) is 35.2 Å². The van der Waals surface area contributed by atoms with E-state index in [0.29, 0.717) is 5.56 Å². The lowest BCUT2D eigenvalue weighted by molar-refractivity contribution is -0.0814. The number of carboxylic acid groups (broad SMARTS) is 1. The van der Waals surface area contributed by atoms with Gasteiger partial charge in [0, 0.05) is 19.6 Å². The monoisotopic (exact) mass is 311 g/mol. The third-order valence-electron chi connectivity index (χ3n) is 4.11. The molecule has 1 heterocycles. The van der Waals surface area contributed by atoms with Gasteiger partial charge in [-0.25, -0.2) is 4.79 Å². The summed E-state index contributed by atoms with van der Waals surface area (Å²) in [7, 11) is 0. The molecule has 0 aliphatic carbocycles. The highest BCUT2D eigenvalue weighted by atomic mass is 16.5. The number of carboxylic acids is 1. The molecule has 0 spiro atoms. The zero-order valence-corrected chi connectivity index (χ0v) is 13.2. The Morgan fingerprint density at radius 3 is 2.48 bits per heavy atom. The molecule has 1 aliphatic heterocycles. The molecule has 0 aromatic heterocycles. The van der Waals surface area contributed by atoms with E-state index in [1.807, 2.05) is 30.3 Å². The molecule has 1 aliphatic rings. The minimum atomic E-state index is -0.888. The number of aromatic carboxylic acids is 1. The second-order valence-electron chi connectivity index (χ2n) is 6.04. The number of hydrogen-bond acceptors (Lipinski definition) is 3. The van der Waals surface area contributed by atoms with Crippen LogP contribution in [-0.2, 0) is 11.3 Å². The Hall–Kier alpha value is -2.17. The standard InChI is InChI=1S/C19H21NO3/c1-14-11-20(12-15-7-9-17(10-8-15)19(21)22)13-18(23-14)16-5-3-2-4-6-16/h2-10,14,18H,11-13H2,1H3,(H,21,22). The van der Waals surface area contributed by atoms with Crippen molar-refractivity contribution in [3.05, 3.63) is 71.3 Å². The van der Waals surface area contributed by atoms with E-state index in [2.05, 4.69) is 24.0 Å². The number of hydrogen-bond donors (Lipinski definition) is 1. The highest BCUT2D eigenvalue weighted by Crippen LogP contribution is 2.26. The molecule has 0 saturated carbocycles. The van der Waals surface area contributed by atoms with Gasteiger partial charge < -0.3 is 9.84 Å². The van der Waals surface area contributed by atoms with Gasteiger partial charge in [0.2, 0.25) is 0 Å². The lowest BCUT2D eigenvalue weighted by Gasteiger charge is -2.37. The van der Waals surface area contributed by atoms with Crippen LogP contribution in [0.5, 0.6) is 0 Å². The summed E-state index contributed by atoms with van der Waals surface area (Å²) in [5.41, 5.74) is 2.65. The molecule has 0 bridgehead atoms. The van der Waals surface area contributed by atoms with Gasteiger partial charge in [0.1, 0.15) is 0 Å². The number of nitrogens with zero attached hydrogens (tertiary/aromatic N) is 1. The van der Waals surface area contributed by atoms with Gasteiger partial charge in [-0.3, -0.25) is 4.90 Å². The van der Waals surface area contributed by atoms with E-state index in [1.165, 1.54) is 5.56 Å². The van der Waals surface area contributed by atoms with Crippen molar-refractivity contribution in [3.63, 3.8) is 0 Å². The topological polar surface area (TPSA) is 49.8 Å². The number of morpholine rings is 1. The van der Waals surface area contributed by atoms with Gasteiger partial charge in [-0.2, -0.15) is 0 Å². The third-order valence-corrected chi connectivity index (χ3v) is 4.11. The van der Waals surface area contributed by atoms with Crippen molar-refractivity contribution < 1.29 is 14.6 Å². The Bertz CT molecular complexity index is 654. The second kappa shape index (κ2) is 6.94. The van der Waals surface area contributed by atoms with Crippen molar-refractivity contribution in [1.82, 2.24) is 4.90 Å². The molecule has 1 fully saturated rings. The molecule has 23 heavy (non-hydrogen) atoms. The Morgan fingerprint density at radius 1 is 1.13 bits per heavy atom. The Morgan fingerprint density at radius 2 is 1.83 bits per heavy atom. The lowest BCUT2D eigenvalue weighted by Crippen LogP contribution is -2.42. The van der Waals surface area contributed by atoms with Crippen molar-refractivity contribution in [3.8, 4) is 0 Å². The molecule has 120 valence electrons. The SMILES string of the molecule is CC1CN(Cc2ccc(C(=O)O)cc2)CC(c2ccccc2)O1. The van der Waals surface area contributed by atoms with E-state index in [0.717, 1.165) is 25.2 Å². The molecule has 1 saturated heterocycles. The Kier molecular flexibility index (Phi) is 4.74. The van der Waals surface area contributed by atoms with Gasteiger partial charge in [0.15, 0.2) is 0 Å². The van der Waals surface area contributed by atoms with Crippen molar-refractivity contribution in [2.75, 3.05) is 13.1 Å². The van der Waals surface area contributed by atoms with Gasteiger partial charge >= 0.3 is 5.97 Å². The first-order valence-corrected chi connectivity index (χ1v) is 7.87. The molecule has 4 nitrogen and oxygen atoms in total. The summed E-state index contributed by atoms with van der Waals surface area (Å²) in [6, 6.07) is 17.4. The summed E-state index contributed by atoms with van der Waals surface area (Å²) in [6.45, 7) is 4.62. The van der Waals surface area contributed by atoms with Gasteiger partial charge in [0.05, 0.1) is 17.8 Å². The molecule has 2 aromatic carbocycles. The highest BCUT2D eigenvalue weighted by Gasteiger charge is 2.26. The molecule has 2 aromatic rings. The zero-order valence-electron chi connectivity index (χ0n) is 13.2. The largest absolute Gasteiger partial charge is 0.478 e. The van der Waals surface area contributed by atoms with E-state index in [4.69, 9.17) is 9.84 Å². The van der Waals surface area contributed by atoms with Crippen LogP contribution in [0, 0.1) is 0 Å². The van der Waals surface area contributed by atoms with Crippen LogP contribution in [0.25, 0.3) is 0 Å². The van der Waals surface area contributed by atoms with Crippen LogP contribution < -0.4 is 0 Å². The number of rotatable bonds is 4. The van der Waals surface area contributed by atoms with Crippen LogP contribution in [0.3, 0.4) is 0 Å². The zero-order chi connectivity index (χ0) is 16.2. The maximum Gasteiger partial charge on any atom is 0.335 e. The van der Waals surface area contributed by atoms with E-state index in [-0.39, 0.29) is 12.2 Å². The quantitative estimate of drug-likeness (QED) is 0.941. The molecule has 4 heteroatoms. The van der Waals surface area contributed by atoms with E-state index in [1.54, 1.807) is 12.1 Å². The fourth-order valence-electron chi connectivity index (χ4n) is 3.03.